The Morgan fingerprint density at radius 3 is 2.72 bits per heavy atom. The molecule has 0 bridgehead atoms. The average molecular weight is 405 g/mol. The van der Waals surface area contributed by atoms with Crippen molar-refractivity contribution in [3.05, 3.63) is 50.1 Å². The number of nitrogens with zero attached hydrogens (tertiary/aromatic N) is 3. The highest BCUT2D eigenvalue weighted by molar-refractivity contribution is 7.97. The van der Waals surface area contributed by atoms with Crippen LogP contribution in [0, 0.1) is 12.7 Å². The summed E-state index contributed by atoms with van der Waals surface area (Å²) >= 11 is 12.8. The molecule has 2 aromatic rings. The Morgan fingerprint density at radius 1 is 1.40 bits per heavy atom. The molecule has 1 heterocycles. The molecule has 10 heteroatoms. The van der Waals surface area contributed by atoms with Gasteiger partial charge in [-0.1, -0.05) is 23.2 Å². The molecule has 134 valence electrons. The minimum atomic E-state index is -0.678. The summed E-state index contributed by atoms with van der Waals surface area (Å²) in [6.45, 7) is 1.29. The van der Waals surface area contributed by atoms with Gasteiger partial charge in [-0.25, -0.2) is 9.07 Å². The second-order valence-corrected chi connectivity index (χ2v) is 7.44. The van der Waals surface area contributed by atoms with Gasteiger partial charge in [-0.05, 0) is 50.7 Å². The van der Waals surface area contributed by atoms with Crippen LogP contribution in [0.25, 0.3) is 0 Å². The molecular formula is C15H15Cl2FN4O2S. The summed E-state index contributed by atoms with van der Waals surface area (Å²) < 4.78 is 16.7. The highest BCUT2D eigenvalue weighted by Gasteiger charge is 2.13. The van der Waals surface area contributed by atoms with E-state index in [4.69, 9.17) is 23.2 Å². The zero-order valence-electron chi connectivity index (χ0n) is 13.6. The van der Waals surface area contributed by atoms with Crippen molar-refractivity contribution >= 4 is 46.7 Å². The average Bonchev–Trinajstić information content (AvgIpc) is 2.52. The van der Waals surface area contributed by atoms with E-state index in [1.54, 1.807) is 13.0 Å². The number of carbonyl (C=O) groups excluding carboxylic acids is 1. The summed E-state index contributed by atoms with van der Waals surface area (Å²) in [6.07, 6.45) is 1.18. The van der Waals surface area contributed by atoms with E-state index in [2.05, 4.69) is 10.4 Å². The molecule has 0 unspecified atom stereocenters. The lowest BCUT2D eigenvalue weighted by Crippen LogP contribution is -2.29. The van der Waals surface area contributed by atoms with E-state index < -0.39 is 17.3 Å². The Labute approximate surface area is 158 Å². The predicted molar refractivity (Wildman–Crippen MR) is 97.8 cm³/mol. The van der Waals surface area contributed by atoms with Gasteiger partial charge in [-0.2, -0.15) is 5.10 Å². The highest BCUT2D eigenvalue weighted by Crippen LogP contribution is 2.29. The van der Waals surface area contributed by atoms with Gasteiger partial charge < -0.3 is 5.32 Å². The lowest BCUT2D eigenvalue weighted by molar-refractivity contribution is -0.117. The van der Waals surface area contributed by atoms with Crippen LogP contribution in [0.15, 0.2) is 28.0 Å². The third kappa shape index (κ3) is 4.94. The largest absolute Gasteiger partial charge is 0.324 e. The van der Waals surface area contributed by atoms with Gasteiger partial charge in [0.2, 0.25) is 5.91 Å². The van der Waals surface area contributed by atoms with Crippen molar-refractivity contribution in [3.63, 3.8) is 0 Å². The Morgan fingerprint density at radius 2 is 2.08 bits per heavy atom. The molecule has 1 aromatic carbocycles. The lowest BCUT2D eigenvalue weighted by atomic mass is 10.2. The molecule has 0 saturated heterocycles. The minimum absolute atomic E-state index is 0.00859. The minimum Gasteiger partial charge on any atom is -0.324 e. The van der Waals surface area contributed by atoms with Crippen LogP contribution >= 0.6 is 35.1 Å². The van der Waals surface area contributed by atoms with Crippen LogP contribution in [0.1, 0.15) is 5.56 Å². The molecule has 0 spiro atoms. The topological polar surface area (TPSA) is 67.2 Å². The molecule has 1 aromatic heterocycles. The monoisotopic (exact) mass is 404 g/mol. The maximum absolute atomic E-state index is 14.0. The third-order valence-corrected chi connectivity index (χ3v) is 4.83. The number of hydrogen-bond donors (Lipinski definition) is 1. The molecular weight excluding hydrogens is 390 g/mol. The first-order valence-corrected chi connectivity index (χ1v) is 8.58. The second kappa shape index (κ2) is 8.18. The van der Waals surface area contributed by atoms with Crippen molar-refractivity contribution in [1.29, 1.82) is 0 Å². The summed E-state index contributed by atoms with van der Waals surface area (Å²) in [4.78, 5) is 24.7. The Bertz CT molecular complexity index is 873. The van der Waals surface area contributed by atoms with Crippen molar-refractivity contribution < 1.29 is 9.18 Å². The number of benzene rings is 1. The molecule has 1 N–H and O–H groups in total. The number of aromatic nitrogens is 2. The maximum Gasteiger partial charge on any atom is 0.287 e. The van der Waals surface area contributed by atoms with Crippen molar-refractivity contribution in [2.24, 2.45) is 0 Å². The Balaban J connectivity index is 2.20. The number of nitrogens with one attached hydrogen (secondary N) is 1. The number of rotatable bonds is 5. The molecule has 0 atom stereocenters. The van der Waals surface area contributed by atoms with E-state index in [1.165, 1.54) is 24.2 Å². The summed E-state index contributed by atoms with van der Waals surface area (Å²) in [7, 11) is 3.66. The summed E-state index contributed by atoms with van der Waals surface area (Å²) in [5, 5.41) is 6.09. The number of carbonyl (C=O) groups is 1. The van der Waals surface area contributed by atoms with Gasteiger partial charge in [-0.15, -0.1) is 0 Å². The van der Waals surface area contributed by atoms with Gasteiger partial charge in [0.1, 0.15) is 17.4 Å². The van der Waals surface area contributed by atoms with Gasteiger partial charge >= 0.3 is 0 Å². The van der Waals surface area contributed by atoms with Crippen molar-refractivity contribution in [2.45, 2.75) is 18.4 Å². The fourth-order valence-electron chi connectivity index (χ4n) is 1.91. The van der Waals surface area contributed by atoms with Gasteiger partial charge in [0.05, 0.1) is 11.2 Å². The van der Waals surface area contributed by atoms with Crippen molar-refractivity contribution in [3.8, 4) is 0 Å². The van der Waals surface area contributed by atoms with E-state index in [0.29, 0.717) is 10.5 Å². The fraction of sp³-hybridized carbons (Fsp3) is 0.267. The molecule has 0 aliphatic carbocycles. The molecule has 25 heavy (non-hydrogen) atoms. The predicted octanol–water partition coefficient (Wildman–Crippen LogP) is 3.21. The molecule has 2 rings (SSSR count). The van der Waals surface area contributed by atoms with Gasteiger partial charge in [-0.3, -0.25) is 13.9 Å². The van der Waals surface area contributed by atoms with Crippen LogP contribution in [0.4, 0.5) is 10.1 Å². The van der Waals surface area contributed by atoms with Crippen LogP contribution in [-0.4, -0.2) is 34.1 Å². The quantitative estimate of drug-likeness (QED) is 0.774. The van der Waals surface area contributed by atoms with Crippen LogP contribution in [-0.2, 0) is 11.3 Å². The molecule has 0 aliphatic rings. The summed E-state index contributed by atoms with van der Waals surface area (Å²) in [5.74, 6) is -0.982. The van der Waals surface area contributed by atoms with Crippen LogP contribution in [0.2, 0.25) is 10.0 Å². The van der Waals surface area contributed by atoms with Gasteiger partial charge in [0.15, 0.2) is 0 Å². The summed E-state index contributed by atoms with van der Waals surface area (Å²) in [5.41, 5.74) is 0.0906. The second-order valence-electron chi connectivity index (χ2n) is 5.30. The molecule has 0 saturated carbocycles. The standard InChI is InChI=1S/C15H15Cl2FN4O2S/c1-8-11(18)4-9(5-12(8)25-21(2)3)20-13(23)7-22-15(24)14(17)10(16)6-19-22/h4-6H,7H2,1-3H3,(H,20,23). The zero-order chi connectivity index (χ0) is 18.7. The molecule has 6 nitrogen and oxygen atoms in total. The molecule has 0 aliphatic heterocycles. The maximum atomic E-state index is 14.0. The number of amides is 1. The van der Waals surface area contributed by atoms with E-state index in [0.717, 1.165) is 4.68 Å². The van der Waals surface area contributed by atoms with Crippen molar-refractivity contribution in [2.75, 3.05) is 19.4 Å². The molecule has 1 amide bonds. The number of hydrogen-bond acceptors (Lipinski definition) is 5. The van der Waals surface area contributed by atoms with Crippen LogP contribution in [0.3, 0.4) is 0 Å². The van der Waals surface area contributed by atoms with E-state index in [9.17, 15) is 14.0 Å². The lowest BCUT2D eigenvalue weighted by Gasteiger charge is -2.14. The SMILES string of the molecule is Cc1c(F)cc(NC(=O)Cn2ncc(Cl)c(Cl)c2=O)cc1SN(C)C. The number of halogens is 3. The van der Waals surface area contributed by atoms with E-state index >= 15 is 0 Å². The van der Waals surface area contributed by atoms with Gasteiger partial charge in [0, 0.05) is 10.6 Å². The third-order valence-electron chi connectivity index (χ3n) is 3.10. The van der Waals surface area contributed by atoms with E-state index in [-0.39, 0.29) is 22.3 Å². The van der Waals surface area contributed by atoms with Crippen molar-refractivity contribution in [1.82, 2.24) is 14.1 Å². The van der Waals surface area contributed by atoms with E-state index in [1.807, 2.05) is 18.4 Å². The van der Waals surface area contributed by atoms with Gasteiger partial charge in [0.25, 0.3) is 5.56 Å². The zero-order valence-corrected chi connectivity index (χ0v) is 16.0. The fourth-order valence-corrected chi connectivity index (χ4v) is 2.99. The van der Waals surface area contributed by atoms with Crippen LogP contribution < -0.4 is 10.9 Å². The molecule has 0 fully saturated rings. The Hall–Kier alpha value is -1.61. The summed E-state index contributed by atoms with van der Waals surface area (Å²) in [6, 6.07) is 2.88. The smallest absolute Gasteiger partial charge is 0.287 e. The molecule has 0 radical (unpaired) electrons. The normalized spacial score (nSPS) is 11.0. The number of anilines is 1. The first kappa shape index (κ1) is 19.7. The Kier molecular flexibility index (Phi) is 6.45. The first-order valence-electron chi connectivity index (χ1n) is 7.05. The van der Waals surface area contributed by atoms with Crippen LogP contribution in [0.5, 0.6) is 0 Å². The highest BCUT2D eigenvalue weighted by atomic mass is 35.5. The first-order chi connectivity index (χ1) is 11.7.